The Kier molecular flexibility index (Phi) is 2.95. The van der Waals surface area contributed by atoms with Crippen molar-refractivity contribution in [1.82, 2.24) is 0 Å². The van der Waals surface area contributed by atoms with E-state index in [1.54, 1.807) is 18.2 Å². The molecule has 0 aromatic heterocycles. The van der Waals surface area contributed by atoms with E-state index in [0.29, 0.717) is 5.03 Å². The summed E-state index contributed by atoms with van der Waals surface area (Å²) < 4.78 is -0.564. The molecule has 1 aliphatic carbocycles. The second-order valence-electron chi connectivity index (χ2n) is 1.96. The standard InChI is InChI=1S/C6H4Cl3I/c7-4-1-2-5(8)6(9,10)3-4/h1-3,5H. The number of halogens is 4. The Morgan fingerprint density at radius 3 is 2.60 bits per heavy atom. The molecule has 0 saturated heterocycles. The quantitative estimate of drug-likeness (QED) is 0.473. The van der Waals surface area contributed by atoms with Crippen molar-refractivity contribution in [3.05, 3.63) is 23.3 Å². The highest BCUT2D eigenvalue weighted by Gasteiger charge is 2.30. The van der Waals surface area contributed by atoms with Gasteiger partial charge in [-0.1, -0.05) is 40.3 Å². The van der Waals surface area contributed by atoms with Crippen LogP contribution in [-0.2, 0) is 0 Å². The van der Waals surface area contributed by atoms with Gasteiger partial charge in [0.2, 0.25) is 0 Å². The number of alkyl halides is 3. The van der Waals surface area contributed by atoms with Crippen LogP contribution in [0.4, 0.5) is 0 Å². The SMILES string of the molecule is ClC1=CC(Cl)(I)C(Cl)C=C1. The Labute approximate surface area is 88.4 Å². The summed E-state index contributed by atoms with van der Waals surface area (Å²) in [5.74, 6) is 0. The molecule has 0 fully saturated rings. The summed E-state index contributed by atoms with van der Waals surface area (Å²) >= 11 is 19.6. The van der Waals surface area contributed by atoms with Crippen LogP contribution in [0, 0.1) is 0 Å². The Hall–Kier alpha value is 1.08. The second kappa shape index (κ2) is 3.21. The largest absolute Gasteiger partial charge is 0.135 e. The molecule has 0 aliphatic heterocycles. The van der Waals surface area contributed by atoms with Gasteiger partial charge in [-0.05, 0) is 12.2 Å². The average Bonchev–Trinajstić information content (AvgIpc) is 1.78. The van der Waals surface area contributed by atoms with Crippen LogP contribution in [-0.4, -0.2) is 8.26 Å². The van der Waals surface area contributed by atoms with Gasteiger partial charge in [-0.2, -0.15) is 0 Å². The van der Waals surface area contributed by atoms with Crippen molar-refractivity contribution in [1.29, 1.82) is 0 Å². The van der Waals surface area contributed by atoms with E-state index in [4.69, 9.17) is 34.8 Å². The van der Waals surface area contributed by atoms with E-state index in [0.717, 1.165) is 0 Å². The van der Waals surface area contributed by atoms with Gasteiger partial charge >= 0.3 is 0 Å². The molecule has 0 aromatic carbocycles. The van der Waals surface area contributed by atoms with Gasteiger partial charge in [-0.3, -0.25) is 0 Å². The molecule has 0 N–H and O–H groups in total. The lowest BCUT2D eigenvalue weighted by molar-refractivity contribution is 1.02. The van der Waals surface area contributed by atoms with Crippen LogP contribution in [0.5, 0.6) is 0 Å². The molecule has 0 bridgehead atoms. The lowest BCUT2D eigenvalue weighted by Crippen LogP contribution is -2.23. The van der Waals surface area contributed by atoms with Gasteiger partial charge in [0.15, 0.2) is 0 Å². The van der Waals surface area contributed by atoms with Crippen molar-refractivity contribution in [3.63, 3.8) is 0 Å². The first-order valence-corrected chi connectivity index (χ1v) is 4.88. The van der Waals surface area contributed by atoms with Crippen molar-refractivity contribution < 1.29 is 0 Å². The van der Waals surface area contributed by atoms with E-state index in [1.165, 1.54) is 0 Å². The summed E-state index contributed by atoms with van der Waals surface area (Å²) in [6.07, 6.45) is 5.26. The molecule has 1 aliphatic rings. The third kappa shape index (κ3) is 2.03. The lowest BCUT2D eigenvalue weighted by atomic mass is 10.2. The molecular weight excluding hydrogens is 305 g/mol. The van der Waals surface area contributed by atoms with Gasteiger partial charge in [-0.15, -0.1) is 23.2 Å². The highest BCUT2D eigenvalue weighted by molar-refractivity contribution is 14.1. The fourth-order valence-electron chi connectivity index (χ4n) is 0.616. The van der Waals surface area contributed by atoms with Crippen LogP contribution in [0.15, 0.2) is 23.3 Å². The summed E-state index contributed by atoms with van der Waals surface area (Å²) in [5.41, 5.74) is 0. The number of hydrogen-bond acceptors (Lipinski definition) is 0. The molecule has 0 radical (unpaired) electrons. The molecule has 0 nitrogen and oxygen atoms in total. The second-order valence-corrected chi connectivity index (χ2v) is 5.92. The van der Waals surface area contributed by atoms with Gasteiger partial charge in [0, 0.05) is 5.03 Å². The van der Waals surface area contributed by atoms with E-state index in [9.17, 15) is 0 Å². The monoisotopic (exact) mass is 308 g/mol. The lowest BCUT2D eigenvalue weighted by Gasteiger charge is -2.22. The number of allylic oxidation sites excluding steroid dienone is 4. The van der Waals surface area contributed by atoms with Crippen LogP contribution >= 0.6 is 57.4 Å². The van der Waals surface area contributed by atoms with E-state index in [2.05, 4.69) is 22.6 Å². The maximum atomic E-state index is 5.96. The van der Waals surface area contributed by atoms with Gasteiger partial charge in [0.05, 0.1) is 5.38 Å². The van der Waals surface area contributed by atoms with Crippen LogP contribution < -0.4 is 0 Å². The van der Waals surface area contributed by atoms with Crippen molar-refractivity contribution in [2.45, 2.75) is 8.26 Å². The minimum absolute atomic E-state index is 0.183. The summed E-state index contributed by atoms with van der Waals surface area (Å²) in [6, 6.07) is 0. The molecule has 0 heterocycles. The first-order valence-electron chi connectivity index (χ1n) is 2.61. The summed E-state index contributed by atoms with van der Waals surface area (Å²) in [4.78, 5) is 0. The molecule has 1 rings (SSSR count). The fourth-order valence-corrected chi connectivity index (χ4v) is 1.97. The van der Waals surface area contributed by atoms with Crippen LogP contribution in [0.2, 0.25) is 0 Å². The molecule has 0 aromatic rings. The summed E-state index contributed by atoms with van der Waals surface area (Å²) in [7, 11) is 0. The predicted molar refractivity (Wildman–Crippen MR) is 55.3 cm³/mol. The maximum absolute atomic E-state index is 5.96. The zero-order valence-corrected chi connectivity index (χ0v) is 9.25. The van der Waals surface area contributed by atoms with E-state index >= 15 is 0 Å². The van der Waals surface area contributed by atoms with Gasteiger partial charge in [-0.25, -0.2) is 0 Å². The Balaban J connectivity index is 2.88. The molecule has 2 atom stereocenters. The van der Waals surface area contributed by atoms with Gasteiger partial charge < -0.3 is 0 Å². The summed E-state index contributed by atoms with van der Waals surface area (Å²) in [5, 5.41) is 0.457. The zero-order chi connectivity index (χ0) is 7.78. The summed E-state index contributed by atoms with van der Waals surface area (Å²) in [6.45, 7) is 0. The Bertz CT molecular complexity index is 195. The molecule has 2 unspecified atom stereocenters. The third-order valence-electron chi connectivity index (χ3n) is 1.12. The van der Waals surface area contributed by atoms with E-state index in [-0.39, 0.29) is 5.38 Å². The fraction of sp³-hybridized carbons (Fsp3) is 0.333. The average molecular weight is 309 g/mol. The van der Waals surface area contributed by atoms with Gasteiger partial charge in [0.1, 0.15) is 2.88 Å². The maximum Gasteiger partial charge on any atom is 0.135 e. The highest BCUT2D eigenvalue weighted by Crippen LogP contribution is 2.38. The first kappa shape index (κ1) is 9.17. The molecule has 0 saturated carbocycles. The predicted octanol–water partition coefficient (Wildman–Crippen LogP) is 3.66. The normalized spacial score (nSPS) is 39.6. The van der Waals surface area contributed by atoms with E-state index in [1.807, 2.05) is 0 Å². The topological polar surface area (TPSA) is 0 Å². The van der Waals surface area contributed by atoms with Gasteiger partial charge in [0.25, 0.3) is 0 Å². The van der Waals surface area contributed by atoms with Crippen LogP contribution in [0.25, 0.3) is 0 Å². The zero-order valence-electron chi connectivity index (χ0n) is 4.82. The Morgan fingerprint density at radius 2 is 2.20 bits per heavy atom. The number of hydrogen-bond donors (Lipinski definition) is 0. The van der Waals surface area contributed by atoms with Crippen molar-refractivity contribution >= 4 is 57.4 Å². The molecular formula is C6H4Cl3I. The third-order valence-corrected chi connectivity index (χ3v) is 3.65. The van der Waals surface area contributed by atoms with E-state index < -0.39 is 2.88 Å². The minimum Gasteiger partial charge on any atom is -0.115 e. The first-order chi connectivity index (χ1) is 4.52. The van der Waals surface area contributed by atoms with Crippen molar-refractivity contribution in [3.8, 4) is 0 Å². The van der Waals surface area contributed by atoms with Crippen molar-refractivity contribution in [2.24, 2.45) is 0 Å². The number of rotatable bonds is 0. The molecule has 0 amide bonds. The molecule has 56 valence electrons. The molecule has 10 heavy (non-hydrogen) atoms. The Morgan fingerprint density at radius 1 is 1.60 bits per heavy atom. The molecule has 0 spiro atoms. The minimum atomic E-state index is -0.564. The van der Waals surface area contributed by atoms with Crippen LogP contribution in [0.3, 0.4) is 0 Å². The molecule has 4 heteroatoms. The van der Waals surface area contributed by atoms with Crippen molar-refractivity contribution in [2.75, 3.05) is 0 Å². The smallest absolute Gasteiger partial charge is 0.115 e. The van der Waals surface area contributed by atoms with Crippen LogP contribution in [0.1, 0.15) is 0 Å². The highest BCUT2D eigenvalue weighted by atomic mass is 127.